The summed E-state index contributed by atoms with van der Waals surface area (Å²) in [5.41, 5.74) is -0.178. The fourth-order valence-corrected chi connectivity index (χ4v) is 2.00. The van der Waals surface area contributed by atoms with Crippen LogP contribution in [0.25, 0.3) is 0 Å². The summed E-state index contributed by atoms with van der Waals surface area (Å²) in [6, 6.07) is 4.60. The van der Waals surface area contributed by atoms with Gasteiger partial charge in [-0.1, -0.05) is 23.2 Å². The molecule has 7 heteroatoms. The molecular formula is C12H9Cl2N3O2. The number of hydrogen-bond donors (Lipinski definition) is 2. The summed E-state index contributed by atoms with van der Waals surface area (Å²) in [4.78, 5) is 29.8. The molecule has 98 valence electrons. The van der Waals surface area contributed by atoms with Crippen molar-refractivity contribution in [2.45, 2.75) is 6.92 Å². The minimum atomic E-state index is -0.577. The third-order valence-corrected chi connectivity index (χ3v) is 2.73. The Labute approximate surface area is 118 Å². The smallest absolute Gasteiger partial charge is 0.263 e. The SMILES string of the molecule is Cc1ncc(C(=O)Nc2cc(Cl)cc(Cl)c2)c(=O)[nH]1. The number of anilines is 1. The molecule has 1 amide bonds. The molecule has 0 aliphatic rings. The Bertz CT molecular complexity index is 677. The van der Waals surface area contributed by atoms with Gasteiger partial charge in [-0.3, -0.25) is 9.59 Å². The van der Waals surface area contributed by atoms with Crippen LogP contribution in [0, 0.1) is 6.92 Å². The lowest BCUT2D eigenvalue weighted by Crippen LogP contribution is -2.24. The molecule has 2 aromatic rings. The zero-order valence-electron chi connectivity index (χ0n) is 9.83. The van der Waals surface area contributed by atoms with Crippen LogP contribution in [0.3, 0.4) is 0 Å². The van der Waals surface area contributed by atoms with Crippen LogP contribution in [-0.2, 0) is 0 Å². The summed E-state index contributed by atoms with van der Waals surface area (Å²) < 4.78 is 0. The average molecular weight is 298 g/mol. The van der Waals surface area contributed by atoms with Gasteiger partial charge in [-0.15, -0.1) is 0 Å². The van der Waals surface area contributed by atoms with Crippen LogP contribution in [0.4, 0.5) is 5.69 Å². The molecule has 2 rings (SSSR count). The number of nitrogens with zero attached hydrogens (tertiary/aromatic N) is 1. The fraction of sp³-hybridized carbons (Fsp3) is 0.0833. The summed E-state index contributed by atoms with van der Waals surface area (Å²) in [5.74, 6) is -0.139. The molecule has 0 aliphatic carbocycles. The predicted octanol–water partition coefficient (Wildman–Crippen LogP) is 2.64. The van der Waals surface area contributed by atoms with E-state index in [1.54, 1.807) is 13.0 Å². The van der Waals surface area contributed by atoms with Gasteiger partial charge >= 0.3 is 0 Å². The molecule has 0 spiro atoms. The number of H-pyrrole nitrogens is 1. The number of rotatable bonds is 2. The van der Waals surface area contributed by atoms with Gasteiger partial charge in [0.1, 0.15) is 11.4 Å². The number of aromatic amines is 1. The number of carbonyl (C=O) groups is 1. The van der Waals surface area contributed by atoms with Crippen LogP contribution in [0.2, 0.25) is 10.0 Å². The standard InChI is InChI=1S/C12H9Cl2N3O2/c1-6-15-5-10(11(18)16-6)12(19)17-9-3-7(13)2-8(14)4-9/h2-5H,1H3,(H,17,19)(H,15,16,18). The van der Waals surface area contributed by atoms with E-state index in [2.05, 4.69) is 15.3 Å². The second kappa shape index (κ2) is 5.42. The maximum Gasteiger partial charge on any atom is 0.263 e. The summed E-state index contributed by atoms with van der Waals surface area (Å²) in [5, 5.41) is 3.31. The highest BCUT2D eigenvalue weighted by Crippen LogP contribution is 2.22. The van der Waals surface area contributed by atoms with Gasteiger partial charge in [-0.2, -0.15) is 0 Å². The lowest BCUT2D eigenvalue weighted by Gasteiger charge is -2.05. The molecule has 1 aromatic carbocycles. The molecule has 0 radical (unpaired) electrons. The first-order valence-corrected chi connectivity index (χ1v) is 6.04. The Hall–Kier alpha value is -1.85. The van der Waals surface area contributed by atoms with Crippen LogP contribution in [0.15, 0.2) is 29.2 Å². The molecular weight excluding hydrogens is 289 g/mol. The maximum absolute atomic E-state index is 11.9. The van der Waals surface area contributed by atoms with E-state index in [1.165, 1.54) is 18.3 Å². The molecule has 0 unspecified atom stereocenters. The van der Waals surface area contributed by atoms with Crippen molar-refractivity contribution in [3.63, 3.8) is 0 Å². The van der Waals surface area contributed by atoms with Crippen molar-refractivity contribution in [3.8, 4) is 0 Å². The largest absolute Gasteiger partial charge is 0.322 e. The Morgan fingerprint density at radius 1 is 1.26 bits per heavy atom. The topological polar surface area (TPSA) is 74.8 Å². The second-order valence-corrected chi connectivity index (χ2v) is 4.70. The molecule has 0 saturated heterocycles. The first kappa shape index (κ1) is 13.6. The number of hydrogen-bond acceptors (Lipinski definition) is 3. The van der Waals surface area contributed by atoms with E-state index in [-0.39, 0.29) is 5.56 Å². The highest BCUT2D eigenvalue weighted by molar-refractivity contribution is 6.35. The van der Waals surface area contributed by atoms with Gasteiger partial charge in [0.25, 0.3) is 11.5 Å². The second-order valence-electron chi connectivity index (χ2n) is 3.82. The Kier molecular flexibility index (Phi) is 3.87. The fourth-order valence-electron chi connectivity index (χ4n) is 1.47. The van der Waals surface area contributed by atoms with Gasteiger partial charge < -0.3 is 10.3 Å². The highest BCUT2D eigenvalue weighted by atomic mass is 35.5. The Morgan fingerprint density at radius 3 is 2.47 bits per heavy atom. The Balaban J connectivity index is 2.28. The minimum absolute atomic E-state index is 0.0818. The zero-order chi connectivity index (χ0) is 14.0. The molecule has 1 heterocycles. The van der Waals surface area contributed by atoms with Gasteiger partial charge in [-0.05, 0) is 25.1 Å². The van der Waals surface area contributed by atoms with Crippen molar-refractivity contribution in [1.82, 2.24) is 9.97 Å². The van der Waals surface area contributed by atoms with Gasteiger partial charge in [-0.25, -0.2) is 4.98 Å². The molecule has 0 bridgehead atoms. The van der Waals surface area contributed by atoms with E-state index < -0.39 is 11.5 Å². The number of carbonyl (C=O) groups excluding carboxylic acids is 1. The van der Waals surface area contributed by atoms with E-state index in [0.29, 0.717) is 21.6 Å². The molecule has 0 saturated carbocycles. The monoisotopic (exact) mass is 297 g/mol. The predicted molar refractivity (Wildman–Crippen MR) is 74.0 cm³/mol. The van der Waals surface area contributed by atoms with Crippen LogP contribution < -0.4 is 10.9 Å². The summed E-state index contributed by atoms with van der Waals surface area (Å²) >= 11 is 11.6. The van der Waals surface area contributed by atoms with Crippen LogP contribution in [0.5, 0.6) is 0 Å². The van der Waals surface area contributed by atoms with Gasteiger partial charge in [0.05, 0.1) is 0 Å². The van der Waals surface area contributed by atoms with Crippen molar-refractivity contribution in [2.75, 3.05) is 5.32 Å². The number of aromatic nitrogens is 2. The van der Waals surface area contributed by atoms with Gasteiger partial charge in [0.2, 0.25) is 0 Å². The minimum Gasteiger partial charge on any atom is -0.322 e. The number of nitrogens with one attached hydrogen (secondary N) is 2. The summed E-state index contributed by atoms with van der Waals surface area (Å²) in [7, 11) is 0. The third kappa shape index (κ3) is 3.33. The molecule has 0 fully saturated rings. The van der Waals surface area contributed by atoms with Gasteiger partial charge in [0, 0.05) is 21.9 Å². The molecule has 5 nitrogen and oxygen atoms in total. The Morgan fingerprint density at radius 2 is 1.89 bits per heavy atom. The number of aryl methyl sites for hydroxylation is 1. The van der Waals surface area contributed by atoms with Crippen molar-refractivity contribution >= 4 is 34.8 Å². The van der Waals surface area contributed by atoms with Crippen molar-refractivity contribution in [1.29, 1.82) is 0 Å². The van der Waals surface area contributed by atoms with E-state index in [9.17, 15) is 9.59 Å². The molecule has 19 heavy (non-hydrogen) atoms. The summed E-state index contributed by atoms with van der Waals surface area (Å²) in [6.45, 7) is 1.62. The van der Waals surface area contributed by atoms with E-state index in [1.807, 2.05) is 0 Å². The van der Waals surface area contributed by atoms with E-state index >= 15 is 0 Å². The number of amides is 1. The normalized spacial score (nSPS) is 10.3. The molecule has 0 atom stereocenters. The number of halogens is 2. The molecule has 1 aromatic heterocycles. The quantitative estimate of drug-likeness (QED) is 0.895. The van der Waals surface area contributed by atoms with Crippen molar-refractivity contribution in [3.05, 3.63) is 56.2 Å². The average Bonchev–Trinajstić information content (AvgIpc) is 2.26. The first-order valence-electron chi connectivity index (χ1n) is 5.29. The zero-order valence-corrected chi connectivity index (χ0v) is 11.3. The molecule has 0 aliphatic heterocycles. The number of benzene rings is 1. The summed E-state index contributed by atoms with van der Waals surface area (Å²) in [6.07, 6.45) is 1.22. The molecule has 2 N–H and O–H groups in total. The van der Waals surface area contributed by atoms with Crippen LogP contribution in [0.1, 0.15) is 16.2 Å². The lowest BCUT2D eigenvalue weighted by atomic mass is 10.2. The highest BCUT2D eigenvalue weighted by Gasteiger charge is 2.12. The lowest BCUT2D eigenvalue weighted by molar-refractivity contribution is 0.102. The van der Waals surface area contributed by atoms with E-state index in [0.717, 1.165) is 0 Å². The van der Waals surface area contributed by atoms with Crippen molar-refractivity contribution < 1.29 is 4.79 Å². The van der Waals surface area contributed by atoms with Crippen LogP contribution in [-0.4, -0.2) is 15.9 Å². The first-order chi connectivity index (χ1) is 8.95. The van der Waals surface area contributed by atoms with Gasteiger partial charge in [0.15, 0.2) is 0 Å². The van der Waals surface area contributed by atoms with Crippen molar-refractivity contribution in [2.24, 2.45) is 0 Å². The third-order valence-electron chi connectivity index (χ3n) is 2.29. The van der Waals surface area contributed by atoms with Crippen LogP contribution >= 0.6 is 23.2 Å². The van der Waals surface area contributed by atoms with E-state index in [4.69, 9.17) is 23.2 Å². The maximum atomic E-state index is 11.9.